The van der Waals surface area contributed by atoms with E-state index in [1.165, 1.54) is 0 Å². The summed E-state index contributed by atoms with van der Waals surface area (Å²) in [6.45, 7) is 2.58. The fraction of sp³-hybridized carbons (Fsp3) is 0.786. The van der Waals surface area contributed by atoms with E-state index in [4.69, 9.17) is 0 Å². The Balaban J connectivity index is 1.63. The van der Waals surface area contributed by atoms with E-state index in [-0.39, 0.29) is 12.5 Å². The minimum absolute atomic E-state index is 0.0189. The van der Waals surface area contributed by atoms with E-state index >= 15 is 0 Å². The maximum Gasteiger partial charge on any atom is 0.231 e. The molecule has 8 heteroatoms. The zero-order valence-electron chi connectivity index (χ0n) is 12.9. The van der Waals surface area contributed by atoms with Crippen LogP contribution in [0.2, 0.25) is 0 Å². The third kappa shape index (κ3) is 2.99. The molecule has 1 aliphatic heterocycles. The van der Waals surface area contributed by atoms with Crippen LogP contribution in [0.25, 0.3) is 0 Å². The van der Waals surface area contributed by atoms with Gasteiger partial charge in [0.25, 0.3) is 0 Å². The minimum atomic E-state index is -0.589. The fourth-order valence-electron chi connectivity index (χ4n) is 2.96. The first-order chi connectivity index (χ1) is 10.5. The number of carbonyl (C=O) groups is 1. The van der Waals surface area contributed by atoms with E-state index in [2.05, 4.69) is 15.1 Å². The molecule has 0 unspecified atom stereocenters. The van der Waals surface area contributed by atoms with Crippen molar-refractivity contribution in [1.29, 1.82) is 0 Å². The van der Waals surface area contributed by atoms with Gasteiger partial charge in [-0.1, -0.05) is 0 Å². The maximum atomic E-state index is 12.5. The first-order valence-corrected chi connectivity index (χ1v) is 7.67. The van der Waals surface area contributed by atoms with Gasteiger partial charge in [-0.15, -0.1) is 10.2 Å². The van der Waals surface area contributed by atoms with Gasteiger partial charge in [0.05, 0.1) is 24.7 Å². The summed E-state index contributed by atoms with van der Waals surface area (Å²) in [6, 6.07) is 0. The Labute approximate surface area is 129 Å². The molecule has 22 heavy (non-hydrogen) atoms. The zero-order valence-corrected chi connectivity index (χ0v) is 12.9. The van der Waals surface area contributed by atoms with E-state index in [1.807, 2.05) is 11.6 Å². The molecule has 122 valence electrons. The Hall–Kier alpha value is -1.51. The summed E-state index contributed by atoms with van der Waals surface area (Å²) in [5.41, 5.74) is -0.571. The van der Waals surface area contributed by atoms with Gasteiger partial charge < -0.3 is 19.7 Å². The summed E-state index contributed by atoms with van der Waals surface area (Å²) in [6.07, 6.45) is 2.56. The summed E-state index contributed by atoms with van der Waals surface area (Å²) in [5.74, 6) is 0.815. The lowest BCUT2D eigenvalue weighted by atomic mass is 10.1. The molecular formula is C14H23N5O3. The first-order valence-electron chi connectivity index (χ1n) is 7.67. The van der Waals surface area contributed by atoms with E-state index < -0.39 is 11.5 Å². The molecule has 0 radical (unpaired) electrons. The van der Waals surface area contributed by atoms with Gasteiger partial charge in [0.1, 0.15) is 12.2 Å². The number of aromatic nitrogens is 3. The first kappa shape index (κ1) is 15.4. The molecule has 8 nitrogen and oxygen atoms in total. The van der Waals surface area contributed by atoms with Gasteiger partial charge in [-0.3, -0.25) is 9.69 Å². The molecule has 1 atom stereocenters. The number of aliphatic hydroxyl groups is 2. The van der Waals surface area contributed by atoms with Crippen molar-refractivity contribution in [2.75, 3.05) is 32.8 Å². The van der Waals surface area contributed by atoms with Crippen molar-refractivity contribution in [3.05, 3.63) is 12.2 Å². The van der Waals surface area contributed by atoms with Crippen LogP contribution in [-0.4, -0.2) is 79.6 Å². The lowest BCUT2D eigenvalue weighted by molar-refractivity contribution is -0.139. The average Bonchev–Trinajstić information content (AvgIpc) is 3.23. The quantitative estimate of drug-likeness (QED) is 0.710. The number of β-amino-alcohol motifs (C(OH)–C–C–N with tert-alkyl or cyclic N) is 1. The predicted molar refractivity (Wildman–Crippen MR) is 77.6 cm³/mol. The van der Waals surface area contributed by atoms with E-state index in [9.17, 15) is 15.0 Å². The van der Waals surface area contributed by atoms with E-state index in [0.717, 1.165) is 18.7 Å². The zero-order chi connectivity index (χ0) is 15.7. The Morgan fingerprint density at radius 3 is 2.77 bits per heavy atom. The van der Waals surface area contributed by atoms with Crippen LogP contribution in [0, 0.1) is 5.41 Å². The molecule has 1 saturated carbocycles. The van der Waals surface area contributed by atoms with Gasteiger partial charge in [-0.25, -0.2) is 0 Å². The van der Waals surface area contributed by atoms with Crippen molar-refractivity contribution in [3.63, 3.8) is 0 Å². The van der Waals surface area contributed by atoms with Crippen LogP contribution < -0.4 is 0 Å². The number of aryl methyl sites for hydroxylation is 1. The molecule has 1 saturated heterocycles. The number of hydrogen-bond donors (Lipinski definition) is 2. The van der Waals surface area contributed by atoms with Crippen molar-refractivity contribution in [3.8, 4) is 0 Å². The van der Waals surface area contributed by atoms with Gasteiger partial charge >= 0.3 is 0 Å². The van der Waals surface area contributed by atoms with Crippen LogP contribution in [-0.2, 0) is 18.4 Å². The minimum Gasteiger partial charge on any atom is -0.395 e. The molecule has 1 aromatic heterocycles. The third-order valence-electron chi connectivity index (χ3n) is 4.65. The van der Waals surface area contributed by atoms with Crippen LogP contribution >= 0.6 is 0 Å². The molecule has 1 amide bonds. The predicted octanol–water partition coefficient (Wildman–Crippen LogP) is -1.41. The molecule has 2 fully saturated rings. The Morgan fingerprint density at radius 2 is 2.18 bits per heavy atom. The molecule has 0 aromatic carbocycles. The van der Waals surface area contributed by atoms with Crippen molar-refractivity contribution >= 4 is 5.91 Å². The second-order valence-electron chi connectivity index (χ2n) is 6.44. The van der Waals surface area contributed by atoms with Gasteiger partial charge in [-0.05, 0) is 12.8 Å². The van der Waals surface area contributed by atoms with E-state index in [0.29, 0.717) is 32.7 Å². The van der Waals surface area contributed by atoms with Crippen LogP contribution in [0.4, 0.5) is 0 Å². The van der Waals surface area contributed by atoms with Crippen molar-refractivity contribution in [1.82, 2.24) is 24.6 Å². The number of nitrogens with zero attached hydrogens (tertiary/aromatic N) is 5. The smallest absolute Gasteiger partial charge is 0.231 e. The highest BCUT2D eigenvalue weighted by molar-refractivity contribution is 5.85. The van der Waals surface area contributed by atoms with Gasteiger partial charge in [0.2, 0.25) is 5.91 Å². The number of carbonyl (C=O) groups excluding carboxylic acids is 1. The Morgan fingerprint density at radius 1 is 1.41 bits per heavy atom. The summed E-state index contributed by atoms with van der Waals surface area (Å²) >= 11 is 0. The van der Waals surface area contributed by atoms with Gasteiger partial charge in [0, 0.05) is 33.2 Å². The summed E-state index contributed by atoms with van der Waals surface area (Å²) < 4.78 is 1.85. The highest BCUT2D eigenvalue weighted by Crippen LogP contribution is 2.46. The number of rotatable bonds is 4. The fourth-order valence-corrected chi connectivity index (χ4v) is 2.96. The number of aliphatic hydroxyl groups excluding tert-OH is 2. The molecule has 1 aromatic rings. The SMILES string of the molecule is Cn1cnnc1CN1CCN(C(=O)C2(CO)CC2)C[C@@H](O)C1. The summed E-state index contributed by atoms with van der Waals surface area (Å²) in [5, 5.41) is 27.5. The normalized spacial score (nSPS) is 25.0. The molecule has 2 heterocycles. The molecule has 2 aliphatic rings. The molecular weight excluding hydrogens is 286 g/mol. The highest BCUT2D eigenvalue weighted by Gasteiger charge is 2.51. The third-order valence-corrected chi connectivity index (χ3v) is 4.65. The Kier molecular flexibility index (Phi) is 4.16. The highest BCUT2D eigenvalue weighted by atomic mass is 16.3. The maximum absolute atomic E-state index is 12.5. The second-order valence-corrected chi connectivity index (χ2v) is 6.44. The second kappa shape index (κ2) is 5.94. The summed E-state index contributed by atoms with van der Waals surface area (Å²) in [4.78, 5) is 16.3. The number of hydrogen-bond acceptors (Lipinski definition) is 6. The monoisotopic (exact) mass is 309 g/mol. The van der Waals surface area contributed by atoms with Crippen molar-refractivity contribution in [2.45, 2.75) is 25.5 Å². The molecule has 2 N–H and O–H groups in total. The number of amides is 1. The standard InChI is InChI=1S/C14H23N5O3/c1-17-10-15-16-12(17)8-18-4-5-19(7-11(21)6-18)13(22)14(9-20)2-3-14/h10-11,20-21H,2-9H2,1H3/t11-/m0/s1. The van der Waals surface area contributed by atoms with Crippen molar-refractivity contribution < 1.29 is 15.0 Å². The molecule has 1 aliphatic carbocycles. The van der Waals surface area contributed by atoms with Crippen LogP contribution in [0.5, 0.6) is 0 Å². The molecule has 0 spiro atoms. The largest absolute Gasteiger partial charge is 0.395 e. The lowest BCUT2D eigenvalue weighted by Crippen LogP contribution is -2.43. The van der Waals surface area contributed by atoms with Gasteiger partial charge in [-0.2, -0.15) is 0 Å². The van der Waals surface area contributed by atoms with Crippen LogP contribution in [0.3, 0.4) is 0 Å². The van der Waals surface area contributed by atoms with Gasteiger partial charge in [0.15, 0.2) is 0 Å². The van der Waals surface area contributed by atoms with Crippen LogP contribution in [0.1, 0.15) is 18.7 Å². The molecule has 0 bridgehead atoms. The van der Waals surface area contributed by atoms with E-state index in [1.54, 1.807) is 11.2 Å². The lowest BCUT2D eigenvalue weighted by Gasteiger charge is -2.25. The average molecular weight is 309 g/mol. The molecule has 3 rings (SSSR count). The van der Waals surface area contributed by atoms with Crippen LogP contribution in [0.15, 0.2) is 6.33 Å². The summed E-state index contributed by atoms with van der Waals surface area (Å²) in [7, 11) is 1.89. The Bertz CT molecular complexity index is 542. The topological polar surface area (TPSA) is 94.7 Å². The van der Waals surface area contributed by atoms with Crippen molar-refractivity contribution in [2.24, 2.45) is 12.5 Å².